The van der Waals surface area contributed by atoms with Crippen LogP contribution in [0.15, 0.2) is 0 Å². The minimum Gasteiger partial charge on any atom is -0.480 e. The Balaban J connectivity index is 5.44. The molecular weight excluding hydrogens is 442 g/mol. The van der Waals surface area contributed by atoms with Gasteiger partial charge in [0.05, 0.1) is 18.6 Å². The summed E-state index contributed by atoms with van der Waals surface area (Å²) in [5.74, 6) is -4.52. The molecule has 0 aromatic heterocycles. The molecule has 0 radical (unpaired) electrons. The van der Waals surface area contributed by atoms with Crippen LogP contribution in [0.2, 0.25) is 0 Å². The predicted octanol–water partition coefficient (Wildman–Crippen LogP) is -2.09. The lowest BCUT2D eigenvalue weighted by Crippen LogP contribution is -2.60. The summed E-state index contributed by atoms with van der Waals surface area (Å²) in [6, 6.07) is -5.13. The fourth-order valence-corrected chi connectivity index (χ4v) is 3.14. The maximum absolute atomic E-state index is 12.7. The van der Waals surface area contributed by atoms with Gasteiger partial charge in [0.2, 0.25) is 23.6 Å². The number of rotatable bonds is 15. The molecule has 0 aliphatic heterocycles. The van der Waals surface area contributed by atoms with Gasteiger partial charge in [0.25, 0.3) is 0 Å². The number of carbonyl (C=O) groups excluding carboxylic acids is 4. The first-order valence-corrected chi connectivity index (χ1v) is 11.6. The Bertz CT molecular complexity index is 676. The molecule has 0 bridgehead atoms. The molecular formula is C19H35N5O7S. The number of nitrogens with one attached hydrogen (secondary N) is 3. The molecule has 0 fully saturated rings. The van der Waals surface area contributed by atoms with Gasteiger partial charge in [-0.3, -0.25) is 19.2 Å². The molecule has 0 saturated carbocycles. The number of aliphatic hydroxyl groups excluding tert-OH is 1. The number of amides is 4. The van der Waals surface area contributed by atoms with Crippen molar-refractivity contribution in [1.29, 1.82) is 0 Å². The van der Waals surface area contributed by atoms with Gasteiger partial charge in [0.15, 0.2) is 0 Å². The summed E-state index contributed by atoms with van der Waals surface area (Å²) in [5, 5.41) is 26.2. The molecule has 0 aromatic rings. The highest BCUT2D eigenvalue weighted by atomic mass is 32.2. The zero-order valence-electron chi connectivity index (χ0n) is 18.8. The van der Waals surface area contributed by atoms with Gasteiger partial charge in [-0.1, -0.05) is 20.3 Å². The fraction of sp³-hybridized carbons (Fsp3) is 0.737. The van der Waals surface area contributed by atoms with E-state index in [2.05, 4.69) is 16.0 Å². The molecule has 0 rings (SSSR count). The van der Waals surface area contributed by atoms with Crippen LogP contribution in [0.25, 0.3) is 0 Å². The van der Waals surface area contributed by atoms with Gasteiger partial charge in [-0.25, -0.2) is 4.79 Å². The van der Waals surface area contributed by atoms with Gasteiger partial charge in [-0.2, -0.15) is 11.8 Å². The third-order valence-electron chi connectivity index (χ3n) is 4.85. The maximum atomic E-state index is 12.7. The van der Waals surface area contributed by atoms with Gasteiger partial charge < -0.3 is 37.6 Å². The average molecular weight is 478 g/mol. The molecule has 0 aliphatic rings. The van der Waals surface area contributed by atoms with E-state index in [1.54, 1.807) is 13.8 Å². The lowest BCUT2D eigenvalue weighted by Gasteiger charge is -2.27. The Morgan fingerprint density at radius 1 is 0.969 bits per heavy atom. The van der Waals surface area contributed by atoms with E-state index in [4.69, 9.17) is 11.5 Å². The van der Waals surface area contributed by atoms with Crippen molar-refractivity contribution in [3.05, 3.63) is 0 Å². The second-order valence-corrected chi connectivity index (χ2v) is 8.54. The summed E-state index contributed by atoms with van der Waals surface area (Å²) in [6.07, 6.45) is 0.672. The van der Waals surface area contributed by atoms with Crippen molar-refractivity contribution in [2.45, 2.75) is 70.3 Å². The largest absolute Gasteiger partial charge is 0.480 e. The van der Waals surface area contributed by atoms with Crippen LogP contribution in [0.1, 0.15) is 40.0 Å². The standard InChI is InChI=1S/C19H35N5O7S/c1-5-9(2)14(19(30)31)23-18(29)15(10(3)25)24-17(28)12(8-13(21)26)22-16(27)11(20)6-7-32-4/h9-12,14-15,25H,5-8,20H2,1-4H3,(H2,21,26)(H,22,27)(H,23,29)(H,24,28)(H,30,31). The number of hydrogen-bond acceptors (Lipinski definition) is 8. The normalized spacial score (nSPS) is 16.6. The Hall–Kier alpha value is -2.38. The number of hydrogen-bond donors (Lipinski definition) is 7. The number of nitrogens with two attached hydrogens (primary N) is 2. The number of aliphatic carboxylic acids is 1. The fourth-order valence-electron chi connectivity index (χ4n) is 2.65. The second-order valence-electron chi connectivity index (χ2n) is 7.56. The number of primary amides is 1. The Labute approximate surface area is 191 Å². The van der Waals surface area contributed by atoms with E-state index in [0.717, 1.165) is 0 Å². The maximum Gasteiger partial charge on any atom is 0.326 e. The van der Waals surface area contributed by atoms with Crippen molar-refractivity contribution < 1.29 is 34.2 Å². The van der Waals surface area contributed by atoms with Gasteiger partial charge in [0.1, 0.15) is 18.1 Å². The van der Waals surface area contributed by atoms with Gasteiger partial charge >= 0.3 is 5.97 Å². The molecule has 0 saturated heterocycles. The number of carboxylic acid groups (broad SMARTS) is 1. The summed E-state index contributed by atoms with van der Waals surface area (Å²) in [6.45, 7) is 4.61. The molecule has 0 aliphatic carbocycles. The first kappa shape index (κ1) is 29.6. The van der Waals surface area contributed by atoms with Crippen molar-refractivity contribution >= 4 is 41.4 Å². The Kier molecular flexibility index (Phi) is 13.5. The van der Waals surface area contributed by atoms with Crippen LogP contribution in [0.4, 0.5) is 0 Å². The van der Waals surface area contributed by atoms with Gasteiger partial charge in [-0.15, -0.1) is 0 Å². The van der Waals surface area contributed by atoms with E-state index in [-0.39, 0.29) is 0 Å². The van der Waals surface area contributed by atoms with E-state index < -0.39 is 72.2 Å². The molecule has 0 heterocycles. The second kappa shape index (κ2) is 14.6. The average Bonchev–Trinajstić information content (AvgIpc) is 2.71. The lowest BCUT2D eigenvalue weighted by molar-refractivity contribution is -0.144. The number of thioether (sulfide) groups is 1. The van der Waals surface area contributed by atoms with Crippen LogP contribution >= 0.6 is 11.8 Å². The van der Waals surface area contributed by atoms with Crippen molar-refractivity contribution in [1.82, 2.24) is 16.0 Å². The van der Waals surface area contributed by atoms with Crippen LogP contribution in [-0.4, -0.2) is 82.1 Å². The SMILES string of the molecule is CCC(C)C(NC(=O)C(NC(=O)C(CC(N)=O)NC(=O)C(N)CCSC)C(C)O)C(=O)O. The molecule has 12 nitrogen and oxygen atoms in total. The third kappa shape index (κ3) is 10.3. The molecule has 13 heteroatoms. The highest BCUT2D eigenvalue weighted by Gasteiger charge is 2.34. The molecule has 9 N–H and O–H groups in total. The van der Waals surface area contributed by atoms with E-state index in [9.17, 15) is 34.2 Å². The summed E-state index contributed by atoms with van der Waals surface area (Å²) < 4.78 is 0. The summed E-state index contributed by atoms with van der Waals surface area (Å²) in [7, 11) is 0. The highest BCUT2D eigenvalue weighted by molar-refractivity contribution is 7.98. The van der Waals surface area contributed by atoms with E-state index in [1.807, 2.05) is 6.26 Å². The lowest BCUT2D eigenvalue weighted by atomic mass is 9.98. The van der Waals surface area contributed by atoms with Gasteiger partial charge in [-0.05, 0) is 31.3 Å². The third-order valence-corrected chi connectivity index (χ3v) is 5.49. The smallest absolute Gasteiger partial charge is 0.326 e. The van der Waals surface area contributed by atoms with E-state index >= 15 is 0 Å². The first-order valence-electron chi connectivity index (χ1n) is 10.2. The Morgan fingerprint density at radius 3 is 1.97 bits per heavy atom. The van der Waals surface area contributed by atoms with Crippen LogP contribution in [0.5, 0.6) is 0 Å². The molecule has 4 amide bonds. The zero-order valence-corrected chi connectivity index (χ0v) is 19.6. The van der Waals surface area contributed by atoms with Crippen molar-refractivity contribution in [2.24, 2.45) is 17.4 Å². The Morgan fingerprint density at radius 2 is 1.53 bits per heavy atom. The topological polar surface area (TPSA) is 214 Å². The minimum atomic E-state index is -1.54. The van der Waals surface area contributed by atoms with Crippen LogP contribution in [0.3, 0.4) is 0 Å². The summed E-state index contributed by atoms with van der Waals surface area (Å²) in [4.78, 5) is 60.4. The predicted molar refractivity (Wildman–Crippen MR) is 119 cm³/mol. The minimum absolute atomic E-state index is 0.336. The van der Waals surface area contributed by atoms with Crippen LogP contribution in [-0.2, 0) is 24.0 Å². The van der Waals surface area contributed by atoms with Crippen molar-refractivity contribution in [3.63, 3.8) is 0 Å². The number of aliphatic hydroxyl groups is 1. The first-order chi connectivity index (χ1) is 14.8. The molecule has 32 heavy (non-hydrogen) atoms. The number of carbonyl (C=O) groups is 5. The molecule has 6 unspecified atom stereocenters. The molecule has 0 aromatic carbocycles. The zero-order chi connectivity index (χ0) is 25.0. The van der Waals surface area contributed by atoms with Crippen LogP contribution in [0, 0.1) is 5.92 Å². The molecule has 0 spiro atoms. The number of carboxylic acids is 1. The van der Waals surface area contributed by atoms with E-state index in [1.165, 1.54) is 18.7 Å². The van der Waals surface area contributed by atoms with Crippen LogP contribution < -0.4 is 27.4 Å². The summed E-state index contributed by atoms with van der Waals surface area (Å²) >= 11 is 1.48. The monoisotopic (exact) mass is 477 g/mol. The highest BCUT2D eigenvalue weighted by Crippen LogP contribution is 2.09. The quantitative estimate of drug-likeness (QED) is 0.137. The van der Waals surface area contributed by atoms with E-state index in [0.29, 0.717) is 18.6 Å². The molecule has 6 atom stereocenters. The summed E-state index contributed by atoms with van der Waals surface area (Å²) in [5.41, 5.74) is 10.9. The molecule has 184 valence electrons. The van der Waals surface area contributed by atoms with Crippen molar-refractivity contribution in [3.8, 4) is 0 Å². The van der Waals surface area contributed by atoms with Crippen molar-refractivity contribution in [2.75, 3.05) is 12.0 Å². The van der Waals surface area contributed by atoms with Gasteiger partial charge in [0, 0.05) is 0 Å².